The molecule has 108 valence electrons. The van der Waals surface area contributed by atoms with Crippen molar-refractivity contribution in [3.63, 3.8) is 0 Å². The van der Waals surface area contributed by atoms with Crippen LogP contribution >= 0.6 is 23.2 Å². The number of halogens is 2. The number of carboxylic acid groups (broad SMARTS) is 1. The van der Waals surface area contributed by atoms with Crippen LogP contribution in [0.5, 0.6) is 0 Å². The maximum atomic E-state index is 12.3. The van der Waals surface area contributed by atoms with Gasteiger partial charge < -0.3 is 15.1 Å². The smallest absolute Gasteiger partial charge is 0.335 e. The predicted molar refractivity (Wildman–Crippen MR) is 74.2 cm³/mol. The average Bonchev–Trinajstić information content (AvgIpc) is 2.41. The summed E-state index contributed by atoms with van der Waals surface area (Å²) in [7, 11) is 0. The first-order valence-electron chi connectivity index (χ1n) is 6.03. The topological polar surface area (TPSA) is 77.8 Å². The minimum absolute atomic E-state index is 0.00768. The third-order valence-electron chi connectivity index (χ3n) is 3.43. The molecule has 5 nitrogen and oxygen atoms in total. The van der Waals surface area contributed by atoms with E-state index in [4.69, 9.17) is 28.3 Å². The largest absolute Gasteiger partial charge is 0.479 e. The maximum absolute atomic E-state index is 12.3. The molecule has 0 bridgehead atoms. The molecule has 0 saturated carbocycles. The van der Waals surface area contributed by atoms with Crippen LogP contribution in [0.1, 0.15) is 23.2 Å². The quantitative estimate of drug-likeness (QED) is 0.875. The number of benzene rings is 1. The molecule has 1 saturated heterocycles. The van der Waals surface area contributed by atoms with Gasteiger partial charge in [-0.1, -0.05) is 23.2 Å². The zero-order chi connectivity index (χ0) is 14.9. The Morgan fingerprint density at radius 2 is 1.80 bits per heavy atom. The SMILES string of the molecule is O=C(c1cc(Cl)ccc1Cl)N1CCC(O)(C(=O)O)CC1. The number of aliphatic carboxylic acids is 1. The van der Waals surface area contributed by atoms with E-state index in [-0.39, 0.29) is 37.4 Å². The lowest BCUT2D eigenvalue weighted by Crippen LogP contribution is -2.50. The van der Waals surface area contributed by atoms with Gasteiger partial charge in [0.25, 0.3) is 5.91 Å². The molecule has 20 heavy (non-hydrogen) atoms. The number of hydrogen-bond acceptors (Lipinski definition) is 3. The number of carbonyl (C=O) groups excluding carboxylic acids is 1. The van der Waals surface area contributed by atoms with Gasteiger partial charge >= 0.3 is 5.97 Å². The summed E-state index contributed by atoms with van der Waals surface area (Å²) in [6, 6.07) is 4.60. The number of likely N-dealkylation sites (tertiary alicyclic amines) is 1. The first-order chi connectivity index (χ1) is 9.33. The summed E-state index contributed by atoms with van der Waals surface area (Å²) in [4.78, 5) is 24.7. The van der Waals surface area contributed by atoms with Crippen molar-refractivity contribution in [1.82, 2.24) is 4.90 Å². The van der Waals surface area contributed by atoms with E-state index in [1.165, 1.54) is 17.0 Å². The Hall–Kier alpha value is -1.30. The summed E-state index contributed by atoms with van der Waals surface area (Å²) in [6.45, 7) is 0.314. The summed E-state index contributed by atoms with van der Waals surface area (Å²) in [6.07, 6.45) is -0.0154. The highest BCUT2D eigenvalue weighted by Crippen LogP contribution is 2.26. The number of carboxylic acids is 1. The van der Waals surface area contributed by atoms with Gasteiger partial charge in [-0.25, -0.2) is 4.79 Å². The predicted octanol–water partition coefficient (Wildman–Crippen LogP) is 2.05. The van der Waals surface area contributed by atoms with Crippen molar-refractivity contribution in [3.05, 3.63) is 33.8 Å². The van der Waals surface area contributed by atoms with Gasteiger partial charge in [-0.05, 0) is 18.2 Å². The maximum Gasteiger partial charge on any atom is 0.335 e. The Kier molecular flexibility index (Phi) is 4.22. The molecule has 1 aromatic rings. The van der Waals surface area contributed by atoms with Gasteiger partial charge in [-0.3, -0.25) is 4.79 Å². The van der Waals surface area contributed by atoms with Gasteiger partial charge in [0.1, 0.15) is 0 Å². The van der Waals surface area contributed by atoms with Crippen LogP contribution in [0, 0.1) is 0 Å². The van der Waals surface area contributed by atoms with Gasteiger partial charge in [0, 0.05) is 31.0 Å². The van der Waals surface area contributed by atoms with Gasteiger partial charge in [-0.15, -0.1) is 0 Å². The first-order valence-corrected chi connectivity index (χ1v) is 6.79. The average molecular weight is 318 g/mol. The van der Waals surface area contributed by atoms with Crippen molar-refractivity contribution >= 4 is 35.1 Å². The number of hydrogen-bond donors (Lipinski definition) is 2. The van der Waals surface area contributed by atoms with Crippen LogP contribution in [0.2, 0.25) is 10.0 Å². The lowest BCUT2D eigenvalue weighted by atomic mass is 9.91. The zero-order valence-corrected chi connectivity index (χ0v) is 12.0. The molecule has 1 heterocycles. The Labute approximate surface area is 125 Å². The Morgan fingerprint density at radius 3 is 2.35 bits per heavy atom. The van der Waals surface area contributed by atoms with Crippen molar-refractivity contribution in [1.29, 1.82) is 0 Å². The van der Waals surface area contributed by atoms with E-state index in [0.717, 1.165) is 0 Å². The van der Waals surface area contributed by atoms with Crippen LogP contribution < -0.4 is 0 Å². The van der Waals surface area contributed by atoms with Gasteiger partial charge in [-0.2, -0.15) is 0 Å². The first kappa shape index (κ1) is 15.1. The minimum Gasteiger partial charge on any atom is -0.479 e. The van der Waals surface area contributed by atoms with Crippen molar-refractivity contribution < 1.29 is 19.8 Å². The van der Waals surface area contributed by atoms with Gasteiger partial charge in [0.15, 0.2) is 5.60 Å². The van der Waals surface area contributed by atoms with E-state index in [1.807, 2.05) is 0 Å². The highest BCUT2D eigenvalue weighted by molar-refractivity contribution is 6.35. The number of nitrogens with zero attached hydrogens (tertiary/aromatic N) is 1. The van der Waals surface area contributed by atoms with Crippen LogP contribution in [-0.2, 0) is 4.79 Å². The molecule has 0 spiro atoms. The fourth-order valence-electron chi connectivity index (χ4n) is 2.13. The standard InChI is InChI=1S/C13H13Cl2NO4/c14-8-1-2-10(15)9(7-8)11(17)16-5-3-13(20,4-6-16)12(18)19/h1-2,7,20H,3-6H2,(H,18,19). The second-order valence-electron chi connectivity index (χ2n) is 4.75. The van der Waals surface area contributed by atoms with Crippen molar-refractivity contribution in [3.8, 4) is 0 Å². The molecule has 1 aliphatic rings. The van der Waals surface area contributed by atoms with Gasteiger partial charge in [0.05, 0.1) is 10.6 Å². The molecular weight excluding hydrogens is 305 g/mol. The number of aliphatic hydroxyl groups is 1. The summed E-state index contributed by atoms with van der Waals surface area (Å²) in [5.74, 6) is -1.57. The molecule has 1 aromatic carbocycles. The van der Waals surface area contributed by atoms with Crippen molar-refractivity contribution in [2.45, 2.75) is 18.4 Å². The summed E-state index contributed by atoms with van der Waals surface area (Å²) < 4.78 is 0. The van der Waals surface area contributed by atoms with Crippen LogP contribution in [-0.4, -0.2) is 45.7 Å². The molecule has 0 atom stereocenters. The molecule has 7 heteroatoms. The lowest BCUT2D eigenvalue weighted by Gasteiger charge is -2.35. The molecule has 0 aromatic heterocycles. The second-order valence-corrected chi connectivity index (χ2v) is 5.60. The Bertz CT molecular complexity index is 553. The second kappa shape index (κ2) is 5.60. The Morgan fingerprint density at radius 1 is 1.20 bits per heavy atom. The van der Waals surface area contributed by atoms with Gasteiger partial charge in [0.2, 0.25) is 0 Å². The normalized spacial score (nSPS) is 17.9. The highest BCUT2D eigenvalue weighted by atomic mass is 35.5. The van der Waals surface area contributed by atoms with E-state index in [1.54, 1.807) is 6.07 Å². The van der Waals surface area contributed by atoms with E-state index in [0.29, 0.717) is 10.0 Å². The number of carbonyl (C=O) groups is 2. The summed E-state index contributed by atoms with van der Waals surface area (Å²) >= 11 is 11.8. The van der Waals surface area contributed by atoms with Crippen molar-refractivity contribution in [2.24, 2.45) is 0 Å². The van der Waals surface area contributed by atoms with E-state index in [2.05, 4.69) is 0 Å². The molecule has 0 aliphatic carbocycles. The number of rotatable bonds is 2. The van der Waals surface area contributed by atoms with Crippen molar-refractivity contribution in [2.75, 3.05) is 13.1 Å². The summed E-state index contributed by atoms with van der Waals surface area (Å²) in [5, 5.41) is 19.5. The molecule has 0 radical (unpaired) electrons. The van der Waals surface area contributed by atoms with E-state index in [9.17, 15) is 14.7 Å². The molecule has 1 aliphatic heterocycles. The van der Waals surface area contributed by atoms with Crippen LogP contribution in [0.15, 0.2) is 18.2 Å². The molecule has 1 fully saturated rings. The third-order valence-corrected chi connectivity index (χ3v) is 4.00. The molecule has 0 unspecified atom stereocenters. The lowest BCUT2D eigenvalue weighted by molar-refractivity contribution is -0.162. The fraction of sp³-hybridized carbons (Fsp3) is 0.385. The molecule has 2 N–H and O–H groups in total. The van der Waals surface area contributed by atoms with E-state index < -0.39 is 11.6 Å². The third kappa shape index (κ3) is 2.90. The number of piperidine rings is 1. The summed E-state index contributed by atoms with van der Waals surface area (Å²) in [5.41, 5.74) is -1.48. The molecular formula is C13H13Cl2NO4. The molecule has 2 rings (SSSR count). The van der Waals surface area contributed by atoms with E-state index >= 15 is 0 Å². The minimum atomic E-state index is -1.76. The highest BCUT2D eigenvalue weighted by Gasteiger charge is 2.40. The van der Waals surface area contributed by atoms with Crippen LogP contribution in [0.25, 0.3) is 0 Å². The van der Waals surface area contributed by atoms with Crippen LogP contribution in [0.4, 0.5) is 0 Å². The number of amides is 1. The fourth-order valence-corrected chi connectivity index (χ4v) is 2.50. The monoisotopic (exact) mass is 317 g/mol. The van der Waals surface area contributed by atoms with Crippen LogP contribution in [0.3, 0.4) is 0 Å². The zero-order valence-electron chi connectivity index (χ0n) is 10.5. The Balaban J connectivity index is 2.13. The molecule has 1 amide bonds.